The Morgan fingerprint density at radius 3 is 2.69 bits per heavy atom. The minimum Gasteiger partial charge on any atom is -0.369 e. The first-order valence-electron chi connectivity index (χ1n) is 10.5. The molecule has 1 amide bonds. The van der Waals surface area contributed by atoms with Gasteiger partial charge >= 0.3 is 0 Å². The van der Waals surface area contributed by atoms with Crippen LogP contribution in [0.5, 0.6) is 0 Å². The normalized spacial score (nSPS) is 15.2. The fraction of sp³-hybridized carbons (Fsp3) is 0.250. The summed E-state index contributed by atoms with van der Waals surface area (Å²) in [5.74, 6) is 0.312. The Morgan fingerprint density at radius 1 is 1.16 bits per heavy atom. The van der Waals surface area contributed by atoms with Gasteiger partial charge in [-0.3, -0.25) is 18.9 Å². The van der Waals surface area contributed by atoms with Crippen molar-refractivity contribution in [3.8, 4) is 0 Å². The highest BCUT2D eigenvalue weighted by Gasteiger charge is 2.32. The fourth-order valence-corrected chi connectivity index (χ4v) is 4.82. The Labute approximate surface area is 196 Å². The highest BCUT2D eigenvalue weighted by atomic mass is 32.2. The Kier molecular flexibility index (Phi) is 6.72. The van der Waals surface area contributed by atoms with Crippen LogP contribution in [0.4, 0.5) is 5.82 Å². The molecule has 0 atom stereocenters. The number of thioether (sulfide) groups is 1. The van der Waals surface area contributed by atoms with E-state index in [1.807, 2.05) is 56.3 Å². The number of aryl methyl sites for hydroxylation is 1. The van der Waals surface area contributed by atoms with Crippen molar-refractivity contribution in [1.82, 2.24) is 14.3 Å². The first kappa shape index (κ1) is 22.2. The third-order valence-electron chi connectivity index (χ3n) is 5.24. The van der Waals surface area contributed by atoms with Crippen molar-refractivity contribution < 1.29 is 4.79 Å². The van der Waals surface area contributed by atoms with Gasteiger partial charge in [-0.25, -0.2) is 4.98 Å². The van der Waals surface area contributed by atoms with Crippen LogP contribution in [0.25, 0.3) is 11.7 Å². The summed E-state index contributed by atoms with van der Waals surface area (Å²) in [5.41, 5.74) is 2.80. The molecule has 0 radical (unpaired) electrons. The van der Waals surface area contributed by atoms with Crippen LogP contribution in [-0.2, 0) is 11.2 Å². The number of rotatable bonds is 7. The molecule has 0 aliphatic carbocycles. The molecular weight excluding hydrogens is 440 g/mol. The molecule has 0 unspecified atom stereocenters. The van der Waals surface area contributed by atoms with E-state index in [9.17, 15) is 9.59 Å². The standard InChI is InChI=1S/C24H24N4O2S2/c1-3-12-25-20-18(22(29)27-13-7-8-16(2)21(27)26-20)15-19-23(30)28(24(31)32-19)14-11-17-9-5-4-6-10-17/h4-10,13,15,25H,3,11-12,14H2,1-2H3. The topological polar surface area (TPSA) is 66.7 Å². The summed E-state index contributed by atoms with van der Waals surface area (Å²) in [6, 6.07) is 13.7. The molecule has 1 aromatic carbocycles. The number of nitrogens with one attached hydrogen (secondary N) is 1. The number of anilines is 1. The van der Waals surface area contributed by atoms with Gasteiger partial charge in [-0.1, -0.05) is 67.3 Å². The first-order chi connectivity index (χ1) is 15.5. The maximum Gasteiger partial charge on any atom is 0.267 e. The van der Waals surface area contributed by atoms with Gasteiger partial charge in [-0.15, -0.1) is 0 Å². The van der Waals surface area contributed by atoms with Gasteiger partial charge in [0.1, 0.15) is 15.8 Å². The van der Waals surface area contributed by atoms with Crippen LogP contribution in [-0.4, -0.2) is 37.6 Å². The second-order valence-electron chi connectivity index (χ2n) is 7.56. The van der Waals surface area contributed by atoms with Crippen molar-refractivity contribution in [3.05, 3.63) is 80.6 Å². The zero-order valence-electron chi connectivity index (χ0n) is 18.0. The summed E-state index contributed by atoms with van der Waals surface area (Å²) in [7, 11) is 0. The van der Waals surface area contributed by atoms with E-state index < -0.39 is 0 Å². The molecule has 0 bridgehead atoms. The van der Waals surface area contributed by atoms with E-state index in [0.717, 1.165) is 17.5 Å². The Morgan fingerprint density at radius 2 is 1.94 bits per heavy atom. The lowest BCUT2D eigenvalue weighted by Gasteiger charge is -2.14. The first-order valence-corrected chi connectivity index (χ1v) is 11.8. The smallest absolute Gasteiger partial charge is 0.267 e. The lowest BCUT2D eigenvalue weighted by Crippen LogP contribution is -2.30. The highest BCUT2D eigenvalue weighted by Crippen LogP contribution is 2.33. The number of thiocarbonyl (C=S) groups is 1. The molecule has 1 fully saturated rings. The summed E-state index contributed by atoms with van der Waals surface area (Å²) >= 11 is 6.70. The van der Waals surface area contributed by atoms with Crippen LogP contribution in [0.15, 0.2) is 58.4 Å². The van der Waals surface area contributed by atoms with Crippen molar-refractivity contribution >= 4 is 51.7 Å². The number of hydrogen-bond donors (Lipinski definition) is 1. The van der Waals surface area contributed by atoms with Crippen LogP contribution in [0.2, 0.25) is 0 Å². The predicted molar refractivity (Wildman–Crippen MR) is 135 cm³/mol. The van der Waals surface area contributed by atoms with Gasteiger partial charge in [-0.2, -0.15) is 0 Å². The molecule has 1 saturated heterocycles. The molecule has 8 heteroatoms. The van der Waals surface area contributed by atoms with Gasteiger partial charge in [-0.05, 0) is 43.0 Å². The minimum atomic E-state index is -0.216. The third kappa shape index (κ3) is 4.47. The Bertz CT molecular complexity index is 1270. The molecule has 164 valence electrons. The quantitative estimate of drug-likeness (QED) is 0.416. The van der Waals surface area contributed by atoms with Crippen molar-refractivity contribution in [2.45, 2.75) is 26.7 Å². The van der Waals surface area contributed by atoms with Gasteiger partial charge in [0, 0.05) is 19.3 Å². The van der Waals surface area contributed by atoms with Crippen LogP contribution in [0.1, 0.15) is 30.0 Å². The molecule has 6 nitrogen and oxygen atoms in total. The molecule has 2 aromatic heterocycles. The summed E-state index contributed by atoms with van der Waals surface area (Å²) < 4.78 is 2.03. The molecular formula is C24H24N4O2S2. The Hall–Kier alpha value is -2.97. The molecule has 1 N–H and O–H groups in total. The number of benzene rings is 1. The average molecular weight is 465 g/mol. The summed E-state index contributed by atoms with van der Waals surface area (Å²) in [6.07, 6.45) is 4.92. The van der Waals surface area contributed by atoms with Crippen molar-refractivity contribution in [1.29, 1.82) is 0 Å². The molecule has 1 aliphatic rings. The van der Waals surface area contributed by atoms with E-state index >= 15 is 0 Å². The fourth-order valence-electron chi connectivity index (χ4n) is 3.53. The molecule has 4 rings (SSSR count). The van der Waals surface area contributed by atoms with Gasteiger partial charge in [0.25, 0.3) is 11.5 Å². The second kappa shape index (κ2) is 9.67. The largest absolute Gasteiger partial charge is 0.369 e. The zero-order chi connectivity index (χ0) is 22.7. The van der Waals surface area contributed by atoms with E-state index in [-0.39, 0.29) is 11.5 Å². The summed E-state index contributed by atoms with van der Waals surface area (Å²) in [5, 5.41) is 3.24. The lowest BCUT2D eigenvalue weighted by molar-refractivity contribution is -0.122. The number of nitrogens with zero attached hydrogens (tertiary/aromatic N) is 3. The molecule has 3 heterocycles. The molecule has 0 saturated carbocycles. The van der Waals surface area contributed by atoms with Crippen LogP contribution < -0.4 is 10.9 Å². The number of carbonyl (C=O) groups is 1. The molecule has 0 spiro atoms. The predicted octanol–water partition coefficient (Wildman–Crippen LogP) is 4.27. The number of carbonyl (C=O) groups excluding carboxylic acids is 1. The summed E-state index contributed by atoms with van der Waals surface area (Å²) in [6.45, 7) is 5.14. The number of hydrogen-bond acceptors (Lipinski definition) is 6. The van der Waals surface area contributed by atoms with Crippen LogP contribution in [0.3, 0.4) is 0 Å². The maximum atomic E-state index is 13.3. The zero-order valence-corrected chi connectivity index (χ0v) is 19.6. The van der Waals surface area contributed by atoms with Gasteiger partial charge < -0.3 is 5.32 Å². The van der Waals surface area contributed by atoms with Crippen molar-refractivity contribution in [2.75, 3.05) is 18.4 Å². The SMILES string of the molecule is CCCNc1nc2c(C)cccn2c(=O)c1C=C1SC(=S)N(CCc2ccccc2)C1=O. The molecule has 3 aromatic rings. The second-order valence-corrected chi connectivity index (χ2v) is 9.24. The number of amides is 1. The van der Waals surface area contributed by atoms with E-state index in [1.165, 1.54) is 16.2 Å². The van der Waals surface area contributed by atoms with Crippen molar-refractivity contribution in [2.24, 2.45) is 0 Å². The highest BCUT2D eigenvalue weighted by molar-refractivity contribution is 8.26. The van der Waals surface area contributed by atoms with Gasteiger partial charge in [0.2, 0.25) is 0 Å². The van der Waals surface area contributed by atoms with Gasteiger partial charge in [0.05, 0.1) is 10.5 Å². The van der Waals surface area contributed by atoms with E-state index in [4.69, 9.17) is 17.2 Å². The molecule has 32 heavy (non-hydrogen) atoms. The van der Waals surface area contributed by atoms with Crippen LogP contribution in [0, 0.1) is 6.92 Å². The summed E-state index contributed by atoms with van der Waals surface area (Å²) in [4.78, 5) is 33.1. The number of pyridine rings is 1. The lowest BCUT2D eigenvalue weighted by atomic mass is 10.1. The minimum absolute atomic E-state index is 0.175. The van der Waals surface area contributed by atoms with E-state index in [0.29, 0.717) is 45.8 Å². The van der Waals surface area contributed by atoms with E-state index in [1.54, 1.807) is 17.2 Å². The number of fused-ring (bicyclic) bond motifs is 1. The number of aromatic nitrogens is 2. The maximum absolute atomic E-state index is 13.3. The average Bonchev–Trinajstić information content (AvgIpc) is 3.06. The van der Waals surface area contributed by atoms with Gasteiger partial charge in [0.15, 0.2) is 0 Å². The molecule has 1 aliphatic heterocycles. The Balaban J connectivity index is 1.68. The van der Waals surface area contributed by atoms with Crippen LogP contribution >= 0.6 is 24.0 Å². The monoisotopic (exact) mass is 464 g/mol. The third-order valence-corrected chi connectivity index (χ3v) is 6.62. The van der Waals surface area contributed by atoms with Crippen molar-refractivity contribution in [3.63, 3.8) is 0 Å². The van der Waals surface area contributed by atoms with E-state index in [2.05, 4.69) is 5.32 Å².